The summed E-state index contributed by atoms with van der Waals surface area (Å²) in [6.45, 7) is 9.55. The normalized spacial score (nSPS) is 20.2. The number of epoxide rings is 1. The largest absolute Gasteiger partial charge is 0.478 e. The van der Waals surface area contributed by atoms with Crippen molar-refractivity contribution in [3.05, 3.63) is 24.3 Å². The lowest BCUT2D eigenvalue weighted by atomic mass is 10.2. The molecule has 2 rings (SSSR count). The zero-order chi connectivity index (χ0) is 13.7. The molecule has 1 unspecified atom stereocenters. The van der Waals surface area contributed by atoms with Crippen LogP contribution in [0.3, 0.4) is 0 Å². The lowest BCUT2D eigenvalue weighted by Crippen LogP contribution is -2.09. The van der Waals surface area contributed by atoms with E-state index in [2.05, 4.69) is 13.2 Å². The Morgan fingerprint density at radius 3 is 2.22 bits per heavy atom. The third-order valence-electron chi connectivity index (χ3n) is 2.50. The van der Waals surface area contributed by atoms with Crippen LogP contribution in [0.1, 0.15) is 19.8 Å². The first-order valence-corrected chi connectivity index (χ1v) is 5.78. The number of aliphatic carboxylic acids is 1. The third-order valence-corrected chi connectivity index (χ3v) is 2.50. The maximum Gasteiger partial charge on any atom is 0.333 e. The highest BCUT2D eigenvalue weighted by Crippen LogP contribution is 2.35. The molecule has 1 saturated carbocycles. The van der Waals surface area contributed by atoms with E-state index < -0.39 is 5.97 Å². The van der Waals surface area contributed by atoms with Crippen molar-refractivity contribution in [1.29, 1.82) is 0 Å². The summed E-state index contributed by atoms with van der Waals surface area (Å²) in [6, 6.07) is 0. The number of ether oxygens (including phenoxy) is 2. The summed E-state index contributed by atoms with van der Waals surface area (Å²) < 4.78 is 9.60. The summed E-state index contributed by atoms with van der Waals surface area (Å²) in [7, 11) is 0. The highest BCUT2D eigenvalue weighted by atomic mass is 16.6. The molecular weight excluding hydrogens is 236 g/mol. The van der Waals surface area contributed by atoms with Gasteiger partial charge in [-0.2, -0.15) is 0 Å². The van der Waals surface area contributed by atoms with Crippen LogP contribution < -0.4 is 0 Å². The number of carboxylic acids is 1. The van der Waals surface area contributed by atoms with Gasteiger partial charge in [0.25, 0.3) is 0 Å². The number of esters is 1. The molecule has 0 radical (unpaired) electrons. The van der Waals surface area contributed by atoms with Gasteiger partial charge < -0.3 is 14.6 Å². The maximum absolute atomic E-state index is 10.7. The summed E-state index contributed by atoms with van der Waals surface area (Å²) in [5, 5.41) is 8.29. The minimum atomic E-state index is -0.840. The van der Waals surface area contributed by atoms with Crippen LogP contribution in [0.25, 0.3) is 0 Å². The second kappa shape index (κ2) is 6.35. The monoisotopic (exact) mass is 254 g/mol. The van der Waals surface area contributed by atoms with Gasteiger partial charge in [0.2, 0.25) is 0 Å². The minimum Gasteiger partial charge on any atom is -0.478 e. The van der Waals surface area contributed by atoms with Crippen LogP contribution in [0, 0.1) is 5.92 Å². The van der Waals surface area contributed by atoms with E-state index >= 15 is 0 Å². The molecule has 0 amide bonds. The Morgan fingerprint density at radius 1 is 1.39 bits per heavy atom. The molecule has 1 N–H and O–H groups in total. The molecule has 0 aromatic heterocycles. The summed E-state index contributed by atoms with van der Waals surface area (Å²) in [6.07, 6.45) is 2.18. The van der Waals surface area contributed by atoms with Crippen LogP contribution >= 0.6 is 0 Å². The van der Waals surface area contributed by atoms with E-state index in [1.54, 1.807) is 6.92 Å². The van der Waals surface area contributed by atoms with E-state index in [1.807, 2.05) is 0 Å². The van der Waals surface area contributed by atoms with Gasteiger partial charge in [-0.15, -0.1) is 0 Å². The number of carbonyl (C=O) groups is 2. The molecule has 2 aliphatic rings. The fourth-order valence-corrected chi connectivity index (χ4v) is 1.06. The number of hydrogen-bond acceptors (Lipinski definition) is 4. The molecule has 0 aromatic rings. The molecule has 5 heteroatoms. The fourth-order valence-electron chi connectivity index (χ4n) is 1.06. The van der Waals surface area contributed by atoms with Crippen molar-refractivity contribution in [3.8, 4) is 0 Å². The summed E-state index contributed by atoms with van der Waals surface area (Å²) in [5.41, 5.74) is 0.811. The van der Waals surface area contributed by atoms with Gasteiger partial charge in [0.05, 0.1) is 6.61 Å². The van der Waals surface area contributed by atoms with Crippen LogP contribution in [0.4, 0.5) is 0 Å². The highest BCUT2D eigenvalue weighted by molar-refractivity contribution is 5.87. The molecule has 2 fully saturated rings. The summed E-state index contributed by atoms with van der Waals surface area (Å²) in [4.78, 5) is 20.8. The molecule has 1 saturated heterocycles. The van der Waals surface area contributed by atoms with Gasteiger partial charge in [-0.05, 0) is 25.7 Å². The fraction of sp³-hybridized carbons (Fsp3) is 0.538. The first-order valence-electron chi connectivity index (χ1n) is 5.78. The first-order chi connectivity index (χ1) is 8.41. The van der Waals surface area contributed by atoms with Gasteiger partial charge in [-0.3, -0.25) is 0 Å². The van der Waals surface area contributed by atoms with Crippen molar-refractivity contribution in [2.24, 2.45) is 5.92 Å². The van der Waals surface area contributed by atoms with Gasteiger partial charge in [-0.25, -0.2) is 9.59 Å². The number of carbonyl (C=O) groups excluding carboxylic acids is 1. The van der Waals surface area contributed by atoms with Crippen molar-refractivity contribution in [1.82, 2.24) is 0 Å². The Morgan fingerprint density at radius 2 is 1.94 bits per heavy atom. The highest BCUT2D eigenvalue weighted by Gasteiger charge is 2.28. The lowest BCUT2D eigenvalue weighted by molar-refractivity contribution is -0.139. The minimum absolute atomic E-state index is 0.142. The molecule has 100 valence electrons. The molecule has 1 aliphatic heterocycles. The van der Waals surface area contributed by atoms with E-state index in [-0.39, 0.29) is 12.1 Å². The van der Waals surface area contributed by atoms with Gasteiger partial charge in [0.1, 0.15) is 12.7 Å². The van der Waals surface area contributed by atoms with Gasteiger partial charge in [-0.1, -0.05) is 13.2 Å². The number of rotatable bonds is 5. The number of carboxylic acid groups (broad SMARTS) is 1. The molecule has 0 aromatic carbocycles. The predicted molar refractivity (Wildman–Crippen MR) is 65.0 cm³/mol. The second-order valence-corrected chi connectivity index (χ2v) is 4.44. The lowest BCUT2D eigenvalue weighted by Gasteiger charge is -1.99. The zero-order valence-corrected chi connectivity index (χ0v) is 10.5. The Bertz CT molecular complexity index is 364. The first kappa shape index (κ1) is 14.4. The summed E-state index contributed by atoms with van der Waals surface area (Å²) in [5.74, 6) is -0.879. The summed E-state index contributed by atoms with van der Waals surface area (Å²) >= 11 is 0. The Hall–Kier alpha value is -1.62. The quantitative estimate of drug-likeness (QED) is 0.457. The SMILES string of the molecule is C=C(C(=O)O)C1CC1.C=C(C)C(=O)OCC1CO1. The van der Waals surface area contributed by atoms with Crippen molar-refractivity contribution < 1.29 is 24.2 Å². The van der Waals surface area contributed by atoms with E-state index in [4.69, 9.17) is 14.6 Å². The van der Waals surface area contributed by atoms with Crippen molar-refractivity contribution in [2.45, 2.75) is 25.9 Å². The van der Waals surface area contributed by atoms with Gasteiger partial charge in [0, 0.05) is 11.1 Å². The molecule has 0 bridgehead atoms. The van der Waals surface area contributed by atoms with E-state index in [0.717, 1.165) is 12.8 Å². The van der Waals surface area contributed by atoms with Crippen LogP contribution in [0.15, 0.2) is 24.3 Å². The Balaban J connectivity index is 0.000000184. The molecule has 18 heavy (non-hydrogen) atoms. The van der Waals surface area contributed by atoms with Crippen molar-refractivity contribution >= 4 is 11.9 Å². The van der Waals surface area contributed by atoms with E-state index in [0.29, 0.717) is 30.3 Å². The Labute approximate surface area is 106 Å². The smallest absolute Gasteiger partial charge is 0.333 e. The topological polar surface area (TPSA) is 76.1 Å². The van der Waals surface area contributed by atoms with E-state index in [1.165, 1.54) is 0 Å². The van der Waals surface area contributed by atoms with E-state index in [9.17, 15) is 9.59 Å². The Kier molecular flexibility index (Phi) is 5.09. The van der Waals surface area contributed by atoms with Crippen molar-refractivity contribution in [3.63, 3.8) is 0 Å². The zero-order valence-electron chi connectivity index (χ0n) is 10.5. The standard InChI is InChI=1S/C7H10O3.C6H8O2/c1-5(2)7(8)10-4-6-3-9-6;1-4(6(7)8)5-2-3-5/h6H,1,3-4H2,2H3;5H,1-3H2,(H,7,8). The van der Waals surface area contributed by atoms with Crippen LogP contribution in [-0.2, 0) is 19.1 Å². The second-order valence-electron chi connectivity index (χ2n) is 4.44. The van der Waals surface area contributed by atoms with Crippen LogP contribution in [-0.4, -0.2) is 36.4 Å². The van der Waals surface area contributed by atoms with Crippen molar-refractivity contribution in [2.75, 3.05) is 13.2 Å². The van der Waals surface area contributed by atoms with Gasteiger partial charge in [0.15, 0.2) is 0 Å². The predicted octanol–water partition coefficient (Wildman–Crippen LogP) is 1.54. The molecular formula is C13H18O5. The molecule has 1 heterocycles. The average molecular weight is 254 g/mol. The molecule has 1 atom stereocenters. The molecule has 0 spiro atoms. The molecule has 5 nitrogen and oxygen atoms in total. The number of hydrogen-bond donors (Lipinski definition) is 1. The van der Waals surface area contributed by atoms with Gasteiger partial charge >= 0.3 is 11.9 Å². The average Bonchev–Trinajstić information content (AvgIpc) is 3.18. The third kappa shape index (κ3) is 5.63. The molecule has 1 aliphatic carbocycles. The van der Waals surface area contributed by atoms with Crippen LogP contribution in [0.2, 0.25) is 0 Å². The van der Waals surface area contributed by atoms with Crippen LogP contribution in [0.5, 0.6) is 0 Å². The maximum atomic E-state index is 10.7.